The zero-order valence-electron chi connectivity index (χ0n) is 16.2. The third-order valence-corrected chi connectivity index (χ3v) is 3.85. The number of ether oxygens (including phenoxy) is 2. The predicted octanol–water partition coefficient (Wildman–Crippen LogP) is 3.43. The Balaban J connectivity index is 1.48. The molecule has 0 bridgehead atoms. The maximum Gasteiger partial charge on any atom is 0.407 e. The first-order valence-corrected chi connectivity index (χ1v) is 9.12. The van der Waals surface area contributed by atoms with E-state index in [1.165, 1.54) is 0 Å². The molecule has 1 N–H and O–H groups in total. The minimum atomic E-state index is -0.610. The molecule has 8 nitrogen and oxygen atoms in total. The Bertz CT molecular complexity index is 838. The molecule has 0 radical (unpaired) electrons. The number of halogens is 1. The fourth-order valence-electron chi connectivity index (χ4n) is 2.30. The van der Waals surface area contributed by atoms with E-state index in [1.54, 1.807) is 37.7 Å². The molecule has 1 aromatic carbocycles. The highest BCUT2D eigenvalue weighted by Crippen LogP contribution is 2.33. The minimum Gasteiger partial charge on any atom is -0.489 e. The first-order valence-electron chi connectivity index (χ1n) is 9.12. The summed E-state index contributed by atoms with van der Waals surface area (Å²) in [5.74, 6) is 1.12. The highest BCUT2D eigenvalue weighted by molar-refractivity contribution is 5.68. The van der Waals surface area contributed by atoms with Crippen molar-refractivity contribution in [3.63, 3.8) is 0 Å². The van der Waals surface area contributed by atoms with E-state index in [9.17, 15) is 9.18 Å². The number of hydrogen-bond acceptors (Lipinski definition) is 6. The molecule has 0 atom stereocenters. The molecule has 0 spiro atoms. The van der Waals surface area contributed by atoms with Gasteiger partial charge < -0.3 is 14.8 Å². The summed E-state index contributed by atoms with van der Waals surface area (Å²) in [5, 5.41) is 15.0. The van der Waals surface area contributed by atoms with Gasteiger partial charge in [0.25, 0.3) is 0 Å². The van der Waals surface area contributed by atoms with Gasteiger partial charge in [-0.15, -0.1) is 10.2 Å². The number of hydrogen-bond donors (Lipinski definition) is 1. The average molecular weight is 389 g/mol. The molecule has 1 saturated carbocycles. The van der Waals surface area contributed by atoms with Gasteiger partial charge in [-0.25, -0.2) is 9.18 Å². The van der Waals surface area contributed by atoms with Gasteiger partial charge in [-0.05, 0) is 63.1 Å². The first-order chi connectivity index (χ1) is 13.3. The second kappa shape index (κ2) is 8.37. The number of tetrazole rings is 1. The fourth-order valence-corrected chi connectivity index (χ4v) is 2.30. The van der Waals surface area contributed by atoms with Crippen molar-refractivity contribution in [2.24, 2.45) is 0 Å². The van der Waals surface area contributed by atoms with Crippen LogP contribution in [0.25, 0.3) is 11.4 Å². The normalized spacial score (nSPS) is 14.6. The van der Waals surface area contributed by atoms with Gasteiger partial charge in [0, 0.05) is 17.7 Å². The van der Waals surface area contributed by atoms with E-state index >= 15 is 0 Å². The lowest BCUT2D eigenvalue weighted by molar-refractivity contribution is 0.0531. The molecule has 0 unspecified atom stereocenters. The summed E-state index contributed by atoms with van der Waals surface area (Å²) in [6.07, 6.45) is 2.00. The summed E-state index contributed by atoms with van der Waals surface area (Å²) in [5.41, 5.74) is 0.497. The summed E-state index contributed by atoms with van der Waals surface area (Å²) in [6, 6.07) is 7.53. The second-order valence-corrected chi connectivity index (χ2v) is 7.60. The lowest BCUT2D eigenvalue weighted by Gasteiger charge is -2.20. The third kappa shape index (κ3) is 5.77. The third-order valence-electron chi connectivity index (χ3n) is 3.85. The molecule has 1 aliphatic rings. The van der Waals surface area contributed by atoms with Crippen molar-refractivity contribution in [1.82, 2.24) is 25.5 Å². The highest BCUT2D eigenvalue weighted by atomic mass is 19.1. The van der Waals surface area contributed by atoms with Crippen molar-refractivity contribution in [3.05, 3.63) is 36.2 Å². The number of nitrogens with one attached hydrogen (secondary N) is 1. The second-order valence-electron chi connectivity index (χ2n) is 7.60. The summed E-state index contributed by atoms with van der Waals surface area (Å²) in [4.78, 5) is 13.3. The number of carbonyl (C=O) groups is 1. The monoisotopic (exact) mass is 389 g/mol. The minimum absolute atomic E-state index is 0.00174. The Hall–Kier alpha value is -2.97. The summed E-state index contributed by atoms with van der Waals surface area (Å²) >= 11 is 0. The fraction of sp³-hybridized carbons (Fsp3) is 0.474. The van der Waals surface area contributed by atoms with Crippen LogP contribution in [0.3, 0.4) is 0 Å². The van der Waals surface area contributed by atoms with Crippen LogP contribution in [0.4, 0.5) is 9.18 Å². The molecular weight excluding hydrogens is 365 g/mol. The molecule has 1 heterocycles. The first kappa shape index (κ1) is 19.8. The van der Waals surface area contributed by atoms with E-state index in [2.05, 4.69) is 20.7 Å². The summed E-state index contributed by atoms with van der Waals surface area (Å²) in [7, 11) is 0. The molecule has 1 aromatic heterocycles. The molecule has 1 fully saturated rings. The molecular formula is C19H24FN5O3. The number of aromatic nitrogens is 4. The van der Waals surface area contributed by atoms with Crippen LogP contribution < -0.4 is 10.1 Å². The summed E-state index contributed by atoms with van der Waals surface area (Å²) < 4.78 is 23.7. The van der Waals surface area contributed by atoms with E-state index in [1.807, 2.05) is 12.1 Å². The molecule has 2 aromatic rings. The zero-order valence-corrected chi connectivity index (χ0v) is 16.2. The largest absolute Gasteiger partial charge is 0.489 e. The van der Waals surface area contributed by atoms with E-state index in [-0.39, 0.29) is 18.7 Å². The molecule has 0 aliphatic heterocycles. The van der Waals surface area contributed by atoms with Crippen molar-refractivity contribution in [3.8, 4) is 17.1 Å². The van der Waals surface area contributed by atoms with E-state index in [0.717, 1.165) is 18.4 Å². The lowest BCUT2D eigenvalue weighted by atomic mass is 10.2. The van der Waals surface area contributed by atoms with Gasteiger partial charge >= 0.3 is 6.09 Å². The maximum absolute atomic E-state index is 13.0. The Morgan fingerprint density at radius 1 is 1.32 bits per heavy atom. The number of rotatable bonds is 7. The molecule has 28 heavy (non-hydrogen) atoms. The average Bonchev–Trinajstić information content (AvgIpc) is 3.38. The van der Waals surface area contributed by atoms with Crippen molar-refractivity contribution in [2.45, 2.75) is 45.3 Å². The molecule has 9 heteroatoms. The van der Waals surface area contributed by atoms with Crippen LogP contribution in [-0.4, -0.2) is 45.1 Å². The van der Waals surface area contributed by atoms with Gasteiger partial charge in [-0.2, -0.15) is 4.80 Å². The van der Waals surface area contributed by atoms with Crippen LogP contribution >= 0.6 is 0 Å². The van der Waals surface area contributed by atoms with Crippen LogP contribution in [0.15, 0.2) is 36.2 Å². The Labute approximate surface area is 162 Å². The van der Waals surface area contributed by atoms with Crippen LogP contribution in [-0.2, 0) is 4.74 Å². The van der Waals surface area contributed by atoms with Crippen LogP contribution in [0, 0.1) is 0 Å². The van der Waals surface area contributed by atoms with Crippen molar-refractivity contribution in [2.75, 3.05) is 13.2 Å². The molecule has 150 valence electrons. The molecule has 1 amide bonds. The van der Waals surface area contributed by atoms with Gasteiger partial charge in [-0.3, -0.25) is 0 Å². The van der Waals surface area contributed by atoms with Crippen LogP contribution in [0.1, 0.15) is 39.7 Å². The number of carbonyl (C=O) groups excluding carboxylic acids is 1. The van der Waals surface area contributed by atoms with E-state index in [4.69, 9.17) is 9.47 Å². The predicted molar refractivity (Wildman–Crippen MR) is 100 cm³/mol. The topological polar surface area (TPSA) is 91.2 Å². The number of nitrogens with zero attached hydrogens (tertiary/aromatic N) is 4. The van der Waals surface area contributed by atoms with Crippen molar-refractivity contribution >= 4 is 6.09 Å². The summed E-state index contributed by atoms with van der Waals surface area (Å²) in [6.45, 7) is 5.27. The van der Waals surface area contributed by atoms with E-state index in [0.29, 0.717) is 23.9 Å². The zero-order chi connectivity index (χ0) is 20.1. The van der Waals surface area contributed by atoms with Gasteiger partial charge in [-0.1, -0.05) is 0 Å². The molecule has 3 rings (SSSR count). The van der Waals surface area contributed by atoms with Crippen molar-refractivity contribution < 1.29 is 18.7 Å². The number of amides is 1. The van der Waals surface area contributed by atoms with Gasteiger partial charge in [0.1, 0.15) is 18.0 Å². The Morgan fingerprint density at radius 3 is 2.64 bits per heavy atom. The van der Waals surface area contributed by atoms with Gasteiger partial charge in [0.2, 0.25) is 5.82 Å². The Morgan fingerprint density at radius 2 is 2.04 bits per heavy atom. The lowest BCUT2D eigenvalue weighted by Crippen LogP contribution is -2.34. The van der Waals surface area contributed by atoms with Gasteiger partial charge in [0.05, 0.1) is 12.4 Å². The molecule has 1 aliphatic carbocycles. The SMILES string of the molecule is CC(C)(C)OC(=O)NC/C(=C/F)COc1ccc(-c2nnn(C3CC3)n2)cc1. The maximum atomic E-state index is 13.0. The standard InChI is InChI=1S/C19H24FN5O3/c1-19(2,3)28-18(26)21-11-13(10-20)12-27-16-8-4-14(5-9-16)17-22-24-25(23-17)15-6-7-15/h4-5,8-10,15H,6-7,11-12H2,1-3H3,(H,21,26)/b13-10-. The van der Waals surface area contributed by atoms with E-state index < -0.39 is 11.7 Å². The smallest absolute Gasteiger partial charge is 0.407 e. The number of alkyl carbamates (subject to hydrolysis) is 1. The highest BCUT2D eigenvalue weighted by Gasteiger charge is 2.26. The quantitative estimate of drug-likeness (QED) is 0.780. The Kier molecular flexibility index (Phi) is 5.91. The molecule has 0 saturated heterocycles. The van der Waals surface area contributed by atoms with Gasteiger partial charge in [0.15, 0.2) is 0 Å². The number of benzene rings is 1. The van der Waals surface area contributed by atoms with Crippen molar-refractivity contribution in [1.29, 1.82) is 0 Å². The van der Waals surface area contributed by atoms with Crippen LogP contribution in [0.2, 0.25) is 0 Å². The van der Waals surface area contributed by atoms with Crippen LogP contribution in [0.5, 0.6) is 5.75 Å².